The summed E-state index contributed by atoms with van der Waals surface area (Å²) in [7, 11) is 0. The first-order valence-corrected chi connectivity index (χ1v) is 9.61. The van der Waals surface area contributed by atoms with Gasteiger partial charge in [-0.3, -0.25) is 4.98 Å². The van der Waals surface area contributed by atoms with Crippen LogP contribution < -0.4 is 0 Å². The predicted molar refractivity (Wildman–Crippen MR) is 111 cm³/mol. The van der Waals surface area contributed by atoms with E-state index in [2.05, 4.69) is 20.3 Å². The van der Waals surface area contributed by atoms with E-state index in [9.17, 15) is 13.2 Å². The monoisotopic (exact) mass is 419 g/mol. The lowest BCUT2D eigenvalue weighted by Crippen LogP contribution is -2.07. The maximum absolute atomic E-state index is 13.3. The van der Waals surface area contributed by atoms with Gasteiger partial charge in [-0.25, -0.2) is 9.67 Å². The highest BCUT2D eigenvalue weighted by Gasteiger charge is 2.32. The normalized spacial score (nSPS) is 12.0. The summed E-state index contributed by atoms with van der Waals surface area (Å²) in [5, 5.41) is 9.34. The number of rotatable bonds is 3. The van der Waals surface area contributed by atoms with Crippen molar-refractivity contribution in [2.24, 2.45) is 0 Å². The Bertz CT molecular complexity index is 1420. The molecule has 3 heterocycles. The molecule has 0 bridgehead atoms. The predicted octanol–water partition coefficient (Wildman–Crippen LogP) is 5.42. The lowest BCUT2D eigenvalue weighted by Gasteiger charge is -2.12. The van der Waals surface area contributed by atoms with Crippen molar-refractivity contribution in [3.05, 3.63) is 83.6 Å². The van der Waals surface area contributed by atoms with Crippen LogP contribution in [0.1, 0.15) is 16.7 Å². The van der Waals surface area contributed by atoms with Crippen molar-refractivity contribution >= 4 is 22.1 Å². The highest BCUT2D eigenvalue weighted by Crippen LogP contribution is 2.34. The first-order chi connectivity index (χ1) is 14.9. The second-order valence-corrected chi connectivity index (χ2v) is 7.34. The fourth-order valence-corrected chi connectivity index (χ4v) is 3.60. The minimum atomic E-state index is -4.42. The zero-order valence-corrected chi connectivity index (χ0v) is 16.4. The topological polar surface area (TPSA) is 56.5 Å². The molecule has 8 heteroatoms. The maximum atomic E-state index is 13.3. The summed E-state index contributed by atoms with van der Waals surface area (Å²) in [5.74, 6) is 0. The average Bonchev–Trinajstić information content (AvgIpc) is 3.15. The van der Waals surface area contributed by atoms with Gasteiger partial charge in [-0.15, -0.1) is 5.10 Å². The molecule has 154 valence electrons. The molecule has 2 aromatic carbocycles. The van der Waals surface area contributed by atoms with E-state index in [0.717, 1.165) is 22.5 Å². The summed E-state index contributed by atoms with van der Waals surface area (Å²) in [4.78, 5) is 8.89. The first-order valence-electron chi connectivity index (χ1n) is 9.61. The number of pyridine rings is 2. The van der Waals surface area contributed by atoms with E-state index in [0.29, 0.717) is 29.0 Å². The van der Waals surface area contributed by atoms with Gasteiger partial charge in [-0.05, 0) is 54.4 Å². The number of fused-ring (bicyclic) bond motifs is 2. The van der Waals surface area contributed by atoms with Gasteiger partial charge in [-0.2, -0.15) is 13.2 Å². The highest BCUT2D eigenvalue weighted by atomic mass is 19.4. The fourth-order valence-electron chi connectivity index (χ4n) is 3.60. The van der Waals surface area contributed by atoms with E-state index in [1.165, 1.54) is 13.0 Å². The van der Waals surface area contributed by atoms with Gasteiger partial charge in [0, 0.05) is 17.1 Å². The molecule has 5 rings (SSSR count). The van der Waals surface area contributed by atoms with Crippen molar-refractivity contribution in [2.45, 2.75) is 19.6 Å². The van der Waals surface area contributed by atoms with Crippen LogP contribution in [0.25, 0.3) is 33.3 Å². The summed E-state index contributed by atoms with van der Waals surface area (Å²) in [6, 6.07) is 17.4. The molecular weight excluding hydrogens is 403 g/mol. The molecule has 0 spiro atoms. The molecule has 31 heavy (non-hydrogen) atoms. The molecule has 5 nitrogen and oxygen atoms in total. The van der Waals surface area contributed by atoms with Gasteiger partial charge >= 0.3 is 6.18 Å². The summed E-state index contributed by atoms with van der Waals surface area (Å²) in [6.07, 6.45) is -2.67. The van der Waals surface area contributed by atoms with Gasteiger partial charge in [-0.1, -0.05) is 29.5 Å². The molecule has 0 aliphatic rings. The molecule has 3 aromatic heterocycles. The second kappa shape index (κ2) is 7.16. The Hall–Kier alpha value is -3.81. The van der Waals surface area contributed by atoms with Crippen LogP contribution in [-0.4, -0.2) is 25.0 Å². The number of alkyl halides is 3. The van der Waals surface area contributed by atoms with E-state index in [1.807, 2.05) is 30.3 Å². The minimum Gasteiger partial charge on any atom is -0.256 e. The molecule has 5 aromatic rings. The van der Waals surface area contributed by atoms with E-state index < -0.39 is 11.7 Å². The van der Waals surface area contributed by atoms with Crippen LogP contribution in [-0.2, 0) is 12.7 Å². The molecule has 0 radical (unpaired) electrons. The number of aromatic nitrogens is 5. The van der Waals surface area contributed by atoms with E-state index >= 15 is 0 Å². The third-order valence-electron chi connectivity index (χ3n) is 5.20. The average molecular weight is 419 g/mol. The van der Waals surface area contributed by atoms with Gasteiger partial charge < -0.3 is 0 Å². The molecule has 0 aliphatic carbocycles. The molecule has 0 saturated carbocycles. The van der Waals surface area contributed by atoms with Crippen LogP contribution in [0.3, 0.4) is 0 Å². The molecule has 0 aliphatic heterocycles. The van der Waals surface area contributed by atoms with Gasteiger partial charge in [0.05, 0.1) is 23.3 Å². The lowest BCUT2D eigenvalue weighted by molar-refractivity contribution is -0.138. The fraction of sp³-hybridized carbons (Fsp3) is 0.130. The van der Waals surface area contributed by atoms with Crippen molar-refractivity contribution in [3.63, 3.8) is 0 Å². The second-order valence-electron chi connectivity index (χ2n) is 7.34. The van der Waals surface area contributed by atoms with Gasteiger partial charge in [0.2, 0.25) is 0 Å². The number of nitrogens with zero attached hydrogens (tertiary/aromatic N) is 5. The standard InChI is InChI=1S/C23H16F3N5/c1-14-4-6-17(12-18(14)23(24,25)26)20-8-9-21-22(28-20)31(30-29-21)13-15-5-7-19-16(11-15)3-2-10-27-19/h2-12H,13H2,1H3. The van der Waals surface area contributed by atoms with Crippen LogP contribution in [0.15, 0.2) is 66.9 Å². The van der Waals surface area contributed by atoms with E-state index in [-0.39, 0.29) is 5.56 Å². The highest BCUT2D eigenvalue weighted by molar-refractivity contribution is 5.79. The molecular formula is C23H16F3N5. The molecule has 0 saturated heterocycles. The Kier molecular flexibility index (Phi) is 4.43. The molecule has 0 amide bonds. The van der Waals surface area contributed by atoms with Crippen LogP contribution in [0.4, 0.5) is 13.2 Å². The van der Waals surface area contributed by atoms with E-state index in [4.69, 9.17) is 0 Å². The van der Waals surface area contributed by atoms with Crippen molar-refractivity contribution in [1.82, 2.24) is 25.0 Å². The van der Waals surface area contributed by atoms with Crippen LogP contribution in [0, 0.1) is 6.92 Å². The van der Waals surface area contributed by atoms with Crippen molar-refractivity contribution in [3.8, 4) is 11.3 Å². The zero-order valence-electron chi connectivity index (χ0n) is 16.4. The number of hydrogen-bond acceptors (Lipinski definition) is 4. The third kappa shape index (κ3) is 3.61. The summed E-state index contributed by atoms with van der Waals surface area (Å²) >= 11 is 0. The maximum Gasteiger partial charge on any atom is 0.416 e. The number of benzene rings is 2. The Labute approximate surface area is 175 Å². The van der Waals surface area contributed by atoms with Crippen LogP contribution in [0.5, 0.6) is 0 Å². The van der Waals surface area contributed by atoms with Crippen molar-refractivity contribution in [2.75, 3.05) is 0 Å². The SMILES string of the molecule is Cc1ccc(-c2ccc3nnn(Cc4ccc5ncccc5c4)c3n2)cc1C(F)(F)F. The van der Waals surface area contributed by atoms with Crippen molar-refractivity contribution in [1.29, 1.82) is 0 Å². The Morgan fingerprint density at radius 3 is 2.61 bits per heavy atom. The zero-order chi connectivity index (χ0) is 21.6. The van der Waals surface area contributed by atoms with Crippen LogP contribution >= 0.6 is 0 Å². The third-order valence-corrected chi connectivity index (χ3v) is 5.20. The molecule has 0 atom stereocenters. The van der Waals surface area contributed by atoms with Crippen LogP contribution in [0.2, 0.25) is 0 Å². The number of aryl methyl sites for hydroxylation is 1. The molecule has 0 fully saturated rings. The van der Waals surface area contributed by atoms with E-state index in [1.54, 1.807) is 29.1 Å². The lowest BCUT2D eigenvalue weighted by atomic mass is 10.0. The largest absolute Gasteiger partial charge is 0.416 e. The number of halogens is 3. The Balaban J connectivity index is 1.54. The van der Waals surface area contributed by atoms with Gasteiger partial charge in [0.15, 0.2) is 5.65 Å². The summed E-state index contributed by atoms with van der Waals surface area (Å²) in [5.41, 5.74) is 3.32. The molecule has 0 N–H and O–H groups in total. The van der Waals surface area contributed by atoms with Gasteiger partial charge in [0.25, 0.3) is 0 Å². The van der Waals surface area contributed by atoms with Gasteiger partial charge in [0.1, 0.15) is 5.52 Å². The molecule has 0 unspecified atom stereocenters. The quantitative estimate of drug-likeness (QED) is 0.392. The Morgan fingerprint density at radius 2 is 1.77 bits per heavy atom. The summed E-state index contributed by atoms with van der Waals surface area (Å²) in [6.45, 7) is 1.88. The number of hydrogen-bond donors (Lipinski definition) is 0. The smallest absolute Gasteiger partial charge is 0.256 e. The summed E-state index contributed by atoms with van der Waals surface area (Å²) < 4.78 is 41.6. The minimum absolute atomic E-state index is 0.176. The Morgan fingerprint density at radius 1 is 0.935 bits per heavy atom. The first kappa shape index (κ1) is 19.2. The van der Waals surface area contributed by atoms with Crippen molar-refractivity contribution < 1.29 is 13.2 Å².